The summed E-state index contributed by atoms with van der Waals surface area (Å²) < 4.78 is 1.90. The van der Waals surface area contributed by atoms with Crippen molar-refractivity contribution in [3.05, 3.63) is 84.4 Å². The molecule has 0 aliphatic rings. The van der Waals surface area contributed by atoms with Gasteiger partial charge in [-0.2, -0.15) is 5.10 Å². The van der Waals surface area contributed by atoms with Crippen molar-refractivity contribution in [3.8, 4) is 11.3 Å². The van der Waals surface area contributed by atoms with Gasteiger partial charge in [-0.1, -0.05) is 30.3 Å². The van der Waals surface area contributed by atoms with Crippen LogP contribution in [0.3, 0.4) is 0 Å². The van der Waals surface area contributed by atoms with Crippen LogP contribution in [-0.4, -0.2) is 19.6 Å². The third-order valence-corrected chi connectivity index (χ3v) is 3.62. The standard InChI is InChI=1S/C18H14N4/c1-2-4-14(5-3-1)12-16-6-7-18-20-13-17(22(18)21-16)15-8-10-19-11-9-15/h1-11,13H,12H2. The molecule has 3 heterocycles. The summed E-state index contributed by atoms with van der Waals surface area (Å²) in [6.45, 7) is 0. The lowest BCUT2D eigenvalue weighted by Crippen LogP contribution is -2.00. The van der Waals surface area contributed by atoms with Crippen molar-refractivity contribution in [2.75, 3.05) is 0 Å². The first kappa shape index (κ1) is 12.7. The van der Waals surface area contributed by atoms with Crippen LogP contribution in [0.15, 0.2) is 73.2 Å². The Labute approximate surface area is 128 Å². The quantitative estimate of drug-likeness (QED) is 0.580. The second-order valence-corrected chi connectivity index (χ2v) is 5.14. The van der Waals surface area contributed by atoms with Crippen LogP contribution >= 0.6 is 0 Å². The molecule has 0 atom stereocenters. The normalized spacial score (nSPS) is 10.9. The largest absolute Gasteiger partial charge is 0.265 e. The summed E-state index contributed by atoms with van der Waals surface area (Å²) in [4.78, 5) is 8.48. The van der Waals surface area contributed by atoms with Crippen LogP contribution in [0.25, 0.3) is 16.9 Å². The molecule has 0 bridgehead atoms. The molecular weight excluding hydrogens is 272 g/mol. The average molecular weight is 286 g/mol. The van der Waals surface area contributed by atoms with Gasteiger partial charge in [-0.05, 0) is 29.8 Å². The minimum absolute atomic E-state index is 0.810. The Balaban J connectivity index is 1.77. The Morgan fingerprint density at radius 2 is 1.68 bits per heavy atom. The molecule has 4 rings (SSSR count). The van der Waals surface area contributed by atoms with Crippen molar-refractivity contribution in [2.24, 2.45) is 0 Å². The van der Waals surface area contributed by atoms with Crippen molar-refractivity contribution in [1.82, 2.24) is 19.6 Å². The summed E-state index contributed by atoms with van der Waals surface area (Å²) in [7, 11) is 0. The first-order chi connectivity index (χ1) is 10.9. The Hall–Kier alpha value is -3.01. The highest BCUT2D eigenvalue weighted by Crippen LogP contribution is 2.19. The Morgan fingerprint density at radius 3 is 2.50 bits per heavy atom. The first-order valence-corrected chi connectivity index (χ1v) is 7.18. The monoisotopic (exact) mass is 286 g/mol. The van der Waals surface area contributed by atoms with E-state index in [0.717, 1.165) is 29.0 Å². The van der Waals surface area contributed by atoms with E-state index < -0.39 is 0 Å². The molecule has 1 aromatic carbocycles. The molecule has 0 aliphatic carbocycles. The van der Waals surface area contributed by atoms with Crippen LogP contribution in [0.4, 0.5) is 0 Å². The van der Waals surface area contributed by atoms with Gasteiger partial charge in [0.1, 0.15) is 0 Å². The van der Waals surface area contributed by atoms with Gasteiger partial charge in [0.2, 0.25) is 0 Å². The summed E-state index contributed by atoms with van der Waals surface area (Å²) in [6.07, 6.45) is 6.22. The fourth-order valence-corrected chi connectivity index (χ4v) is 2.53. The third-order valence-electron chi connectivity index (χ3n) is 3.62. The van der Waals surface area contributed by atoms with Gasteiger partial charge in [-0.25, -0.2) is 9.50 Å². The highest BCUT2D eigenvalue weighted by Gasteiger charge is 2.08. The van der Waals surface area contributed by atoms with Gasteiger partial charge < -0.3 is 0 Å². The van der Waals surface area contributed by atoms with Gasteiger partial charge in [0.05, 0.1) is 17.6 Å². The molecule has 4 aromatic rings. The molecule has 0 fully saturated rings. The van der Waals surface area contributed by atoms with E-state index in [4.69, 9.17) is 5.10 Å². The van der Waals surface area contributed by atoms with E-state index in [9.17, 15) is 0 Å². The SMILES string of the molecule is c1ccc(Cc2ccc3ncc(-c4ccncc4)n3n2)cc1. The Kier molecular flexibility index (Phi) is 3.12. The lowest BCUT2D eigenvalue weighted by Gasteiger charge is -2.04. The van der Waals surface area contributed by atoms with Gasteiger partial charge >= 0.3 is 0 Å². The smallest absolute Gasteiger partial charge is 0.154 e. The molecule has 0 aliphatic heterocycles. The van der Waals surface area contributed by atoms with Gasteiger partial charge in [0, 0.05) is 24.4 Å². The van der Waals surface area contributed by atoms with Crippen LogP contribution in [0.1, 0.15) is 11.3 Å². The summed E-state index contributed by atoms with van der Waals surface area (Å²) in [5.41, 5.74) is 5.16. The van der Waals surface area contributed by atoms with Crippen molar-refractivity contribution >= 4 is 5.65 Å². The van der Waals surface area contributed by atoms with Crippen molar-refractivity contribution in [1.29, 1.82) is 0 Å². The zero-order chi connectivity index (χ0) is 14.8. The number of rotatable bonds is 3. The second kappa shape index (κ2) is 5.41. The molecule has 22 heavy (non-hydrogen) atoms. The Morgan fingerprint density at radius 1 is 0.864 bits per heavy atom. The van der Waals surface area contributed by atoms with Gasteiger partial charge in [0.25, 0.3) is 0 Å². The third kappa shape index (κ3) is 2.35. The van der Waals surface area contributed by atoms with E-state index in [2.05, 4.69) is 22.1 Å². The first-order valence-electron chi connectivity index (χ1n) is 7.18. The summed E-state index contributed by atoms with van der Waals surface area (Å²) in [5, 5.41) is 4.74. The van der Waals surface area contributed by atoms with Crippen LogP contribution < -0.4 is 0 Å². The van der Waals surface area contributed by atoms with E-state index >= 15 is 0 Å². The lowest BCUT2D eigenvalue weighted by molar-refractivity contribution is 0.879. The molecule has 0 unspecified atom stereocenters. The molecule has 0 saturated carbocycles. The van der Waals surface area contributed by atoms with E-state index in [-0.39, 0.29) is 0 Å². The number of fused-ring (bicyclic) bond motifs is 1. The molecule has 0 saturated heterocycles. The number of aromatic nitrogens is 4. The van der Waals surface area contributed by atoms with Crippen LogP contribution in [0, 0.1) is 0 Å². The number of hydrogen-bond donors (Lipinski definition) is 0. The van der Waals surface area contributed by atoms with Crippen molar-refractivity contribution in [3.63, 3.8) is 0 Å². The number of nitrogens with zero attached hydrogens (tertiary/aromatic N) is 4. The second-order valence-electron chi connectivity index (χ2n) is 5.14. The predicted molar refractivity (Wildman–Crippen MR) is 85.5 cm³/mol. The summed E-state index contributed by atoms with van der Waals surface area (Å²) in [5.74, 6) is 0. The molecule has 0 radical (unpaired) electrons. The molecule has 0 N–H and O–H groups in total. The van der Waals surface area contributed by atoms with Crippen molar-refractivity contribution in [2.45, 2.75) is 6.42 Å². The maximum absolute atomic E-state index is 4.74. The van der Waals surface area contributed by atoms with Crippen LogP contribution in [0.5, 0.6) is 0 Å². The van der Waals surface area contributed by atoms with E-state index in [0.29, 0.717) is 0 Å². The lowest BCUT2D eigenvalue weighted by atomic mass is 10.1. The fourth-order valence-electron chi connectivity index (χ4n) is 2.53. The molecule has 106 valence electrons. The zero-order valence-corrected chi connectivity index (χ0v) is 11.9. The maximum Gasteiger partial charge on any atom is 0.154 e. The van der Waals surface area contributed by atoms with Crippen LogP contribution in [0.2, 0.25) is 0 Å². The number of hydrogen-bond acceptors (Lipinski definition) is 3. The number of imidazole rings is 1. The average Bonchev–Trinajstić information content (AvgIpc) is 3.00. The van der Waals surface area contributed by atoms with Gasteiger partial charge in [0.15, 0.2) is 5.65 Å². The van der Waals surface area contributed by atoms with Crippen molar-refractivity contribution < 1.29 is 0 Å². The topological polar surface area (TPSA) is 43.1 Å². The van der Waals surface area contributed by atoms with Gasteiger partial charge in [-0.15, -0.1) is 0 Å². The molecule has 3 aromatic heterocycles. The molecular formula is C18H14N4. The van der Waals surface area contributed by atoms with E-state index in [1.165, 1.54) is 5.56 Å². The number of benzene rings is 1. The summed E-state index contributed by atoms with van der Waals surface area (Å²) in [6, 6.07) is 18.3. The minimum atomic E-state index is 0.810. The predicted octanol–water partition coefficient (Wildman–Crippen LogP) is 3.38. The highest BCUT2D eigenvalue weighted by molar-refractivity contribution is 5.62. The molecule has 0 amide bonds. The summed E-state index contributed by atoms with van der Waals surface area (Å²) >= 11 is 0. The zero-order valence-electron chi connectivity index (χ0n) is 11.9. The molecule has 4 heteroatoms. The van der Waals surface area contributed by atoms with Gasteiger partial charge in [-0.3, -0.25) is 4.98 Å². The molecule has 4 nitrogen and oxygen atoms in total. The highest BCUT2D eigenvalue weighted by atomic mass is 15.3. The maximum atomic E-state index is 4.74. The minimum Gasteiger partial charge on any atom is -0.265 e. The van der Waals surface area contributed by atoms with E-state index in [1.807, 2.05) is 53.2 Å². The fraction of sp³-hybridized carbons (Fsp3) is 0.0556. The molecule has 0 spiro atoms. The van der Waals surface area contributed by atoms with E-state index in [1.54, 1.807) is 12.4 Å². The van der Waals surface area contributed by atoms with Crippen LogP contribution in [-0.2, 0) is 6.42 Å². The Bertz CT molecular complexity index is 898. The number of pyridine rings is 1.